The normalized spacial score (nSPS) is 12.6. The van der Waals surface area contributed by atoms with E-state index in [1.54, 1.807) is 18.2 Å². The number of hydrogen-bond acceptors (Lipinski definition) is 1. The summed E-state index contributed by atoms with van der Waals surface area (Å²) in [5, 5.41) is 0. The summed E-state index contributed by atoms with van der Waals surface area (Å²) < 4.78 is 18.0. The minimum atomic E-state index is -1.22. The lowest BCUT2D eigenvalue weighted by molar-refractivity contribution is 0.321. The zero-order valence-corrected chi connectivity index (χ0v) is 7.09. The molecule has 0 heterocycles. The Morgan fingerprint density at radius 3 is 2.75 bits per heavy atom. The highest BCUT2D eigenvalue weighted by atomic mass is 19.1. The zero-order chi connectivity index (χ0) is 8.97. The molecule has 1 nitrogen and oxygen atoms in total. The molecular formula is C10H12FO. The van der Waals surface area contributed by atoms with Crippen LogP contribution >= 0.6 is 0 Å². The topological polar surface area (TPSA) is 9.23 Å². The monoisotopic (exact) mass is 167 g/mol. The van der Waals surface area contributed by atoms with Crippen LogP contribution < -0.4 is 4.74 Å². The summed E-state index contributed by atoms with van der Waals surface area (Å²) in [6.45, 7) is 5.72. The third-order valence-corrected chi connectivity index (χ3v) is 1.56. The van der Waals surface area contributed by atoms with Crippen molar-refractivity contribution in [1.29, 1.82) is 0 Å². The van der Waals surface area contributed by atoms with Gasteiger partial charge in [0, 0.05) is 5.56 Å². The molecule has 1 atom stereocenters. The number of para-hydroxylation sites is 1. The molecule has 0 saturated heterocycles. The van der Waals surface area contributed by atoms with Crippen LogP contribution in [0.2, 0.25) is 0 Å². The van der Waals surface area contributed by atoms with E-state index in [2.05, 4.69) is 6.92 Å². The Labute approximate surface area is 72.2 Å². The lowest BCUT2D eigenvalue weighted by Gasteiger charge is -2.09. The second-order valence-electron chi connectivity index (χ2n) is 2.44. The van der Waals surface area contributed by atoms with Crippen LogP contribution in [0, 0.1) is 6.92 Å². The number of ether oxygens (including phenoxy) is 1. The van der Waals surface area contributed by atoms with E-state index in [1.165, 1.54) is 0 Å². The largest absolute Gasteiger partial charge is 0.493 e. The van der Waals surface area contributed by atoms with Crippen molar-refractivity contribution in [1.82, 2.24) is 0 Å². The fourth-order valence-electron chi connectivity index (χ4n) is 1.03. The van der Waals surface area contributed by atoms with E-state index in [4.69, 9.17) is 4.74 Å². The zero-order valence-electron chi connectivity index (χ0n) is 7.09. The van der Waals surface area contributed by atoms with Crippen molar-refractivity contribution in [3.05, 3.63) is 36.8 Å². The van der Waals surface area contributed by atoms with Crippen molar-refractivity contribution in [3.63, 3.8) is 0 Å². The number of benzene rings is 1. The Hall–Kier alpha value is -1.05. The SMILES string of the molecule is [CH2]C(F)c1ccccc1OCC. The van der Waals surface area contributed by atoms with Gasteiger partial charge in [-0.2, -0.15) is 0 Å². The van der Waals surface area contributed by atoms with Crippen molar-refractivity contribution < 1.29 is 9.13 Å². The van der Waals surface area contributed by atoms with Crippen molar-refractivity contribution in [2.75, 3.05) is 6.61 Å². The van der Waals surface area contributed by atoms with Crippen molar-refractivity contribution in [2.24, 2.45) is 0 Å². The fraction of sp³-hybridized carbons (Fsp3) is 0.300. The molecule has 0 bridgehead atoms. The van der Waals surface area contributed by atoms with Crippen molar-refractivity contribution in [2.45, 2.75) is 13.1 Å². The van der Waals surface area contributed by atoms with Crippen molar-refractivity contribution in [3.8, 4) is 5.75 Å². The Balaban J connectivity index is 2.92. The third kappa shape index (κ3) is 1.97. The van der Waals surface area contributed by atoms with Gasteiger partial charge in [-0.1, -0.05) is 18.2 Å². The Bertz CT molecular complexity index is 245. The highest BCUT2D eigenvalue weighted by molar-refractivity contribution is 5.35. The molecule has 1 aromatic carbocycles. The minimum Gasteiger partial charge on any atom is -0.493 e. The summed E-state index contributed by atoms with van der Waals surface area (Å²) in [5.41, 5.74) is 0.513. The Morgan fingerprint density at radius 2 is 2.17 bits per heavy atom. The van der Waals surface area contributed by atoms with Crippen LogP contribution in [-0.4, -0.2) is 6.61 Å². The molecule has 0 spiro atoms. The number of halogens is 1. The van der Waals surface area contributed by atoms with Crippen LogP contribution in [0.1, 0.15) is 18.7 Å². The van der Waals surface area contributed by atoms with Gasteiger partial charge in [-0.05, 0) is 19.9 Å². The van der Waals surface area contributed by atoms with Crippen LogP contribution in [0.15, 0.2) is 24.3 Å². The molecule has 12 heavy (non-hydrogen) atoms. The maximum atomic E-state index is 12.8. The molecule has 1 aromatic rings. The van der Waals surface area contributed by atoms with Crippen LogP contribution in [0.3, 0.4) is 0 Å². The molecule has 0 aliphatic heterocycles. The number of alkyl halides is 1. The molecular weight excluding hydrogens is 155 g/mol. The molecule has 0 N–H and O–H groups in total. The molecule has 2 heteroatoms. The molecule has 1 radical (unpaired) electrons. The van der Waals surface area contributed by atoms with Gasteiger partial charge in [-0.25, -0.2) is 4.39 Å². The lowest BCUT2D eigenvalue weighted by Crippen LogP contribution is -1.96. The molecule has 0 fully saturated rings. The highest BCUT2D eigenvalue weighted by Gasteiger charge is 2.08. The second-order valence-corrected chi connectivity index (χ2v) is 2.44. The maximum absolute atomic E-state index is 12.8. The third-order valence-electron chi connectivity index (χ3n) is 1.56. The average Bonchev–Trinajstić information content (AvgIpc) is 2.05. The van der Waals surface area contributed by atoms with Gasteiger partial charge < -0.3 is 4.74 Å². The van der Waals surface area contributed by atoms with Crippen LogP contribution in [0.25, 0.3) is 0 Å². The van der Waals surface area contributed by atoms with E-state index in [0.717, 1.165) is 0 Å². The first kappa shape index (κ1) is 9.04. The second kappa shape index (κ2) is 4.10. The van der Waals surface area contributed by atoms with E-state index < -0.39 is 6.17 Å². The van der Waals surface area contributed by atoms with E-state index in [9.17, 15) is 4.39 Å². The molecule has 65 valence electrons. The summed E-state index contributed by atoms with van der Waals surface area (Å²) in [4.78, 5) is 0. The van der Waals surface area contributed by atoms with Gasteiger partial charge in [0.1, 0.15) is 11.9 Å². The maximum Gasteiger partial charge on any atom is 0.129 e. The quantitative estimate of drug-likeness (QED) is 0.672. The van der Waals surface area contributed by atoms with E-state index >= 15 is 0 Å². The first-order valence-corrected chi connectivity index (χ1v) is 3.94. The molecule has 0 amide bonds. The Kier molecular flexibility index (Phi) is 3.09. The minimum absolute atomic E-state index is 0.513. The molecule has 0 aromatic heterocycles. The summed E-state index contributed by atoms with van der Waals surface area (Å²) >= 11 is 0. The van der Waals surface area contributed by atoms with E-state index in [0.29, 0.717) is 17.9 Å². The summed E-state index contributed by atoms with van der Waals surface area (Å²) in [7, 11) is 0. The fourth-order valence-corrected chi connectivity index (χ4v) is 1.03. The van der Waals surface area contributed by atoms with Gasteiger partial charge in [0.25, 0.3) is 0 Å². The summed E-state index contributed by atoms with van der Waals surface area (Å²) in [6, 6.07) is 7.02. The van der Waals surface area contributed by atoms with Crippen LogP contribution in [0.5, 0.6) is 5.75 Å². The van der Waals surface area contributed by atoms with Gasteiger partial charge >= 0.3 is 0 Å². The molecule has 0 saturated carbocycles. The predicted octanol–water partition coefficient (Wildman–Crippen LogP) is 2.93. The van der Waals surface area contributed by atoms with E-state index in [1.807, 2.05) is 13.0 Å². The van der Waals surface area contributed by atoms with Crippen molar-refractivity contribution >= 4 is 0 Å². The molecule has 0 aliphatic rings. The molecule has 1 rings (SSSR count). The van der Waals surface area contributed by atoms with Crippen LogP contribution in [-0.2, 0) is 0 Å². The van der Waals surface area contributed by atoms with Crippen LogP contribution in [0.4, 0.5) is 4.39 Å². The van der Waals surface area contributed by atoms with Gasteiger partial charge in [0.2, 0.25) is 0 Å². The average molecular weight is 167 g/mol. The van der Waals surface area contributed by atoms with Gasteiger partial charge in [-0.15, -0.1) is 0 Å². The first-order chi connectivity index (χ1) is 5.75. The summed E-state index contributed by atoms with van der Waals surface area (Å²) in [6.07, 6.45) is -1.22. The first-order valence-electron chi connectivity index (χ1n) is 3.94. The van der Waals surface area contributed by atoms with Gasteiger partial charge in [-0.3, -0.25) is 0 Å². The Morgan fingerprint density at radius 1 is 1.50 bits per heavy atom. The van der Waals surface area contributed by atoms with Gasteiger partial charge in [0.15, 0.2) is 0 Å². The molecule has 1 unspecified atom stereocenters. The lowest BCUT2D eigenvalue weighted by atomic mass is 10.1. The summed E-state index contributed by atoms with van der Waals surface area (Å²) in [5.74, 6) is 0.586. The predicted molar refractivity (Wildman–Crippen MR) is 46.8 cm³/mol. The molecule has 0 aliphatic carbocycles. The standard InChI is InChI=1S/C10H12FO/c1-3-12-10-7-5-4-6-9(10)8(2)11/h4-8H,2-3H2,1H3. The number of rotatable bonds is 3. The highest BCUT2D eigenvalue weighted by Crippen LogP contribution is 2.26. The van der Waals surface area contributed by atoms with Gasteiger partial charge in [0.05, 0.1) is 6.61 Å². The number of hydrogen-bond donors (Lipinski definition) is 0. The smallest absolute Gasteiger partial charge is 0.129 e. The van der Waals surface area contributed by atoms with E-state index in [-0.39, 0.29) is 0 Å².